The molecule has 3 N–H and O–H groups in total. The van der Waals surface area contributed by atoms with Crippen LogP contribution >= 0.6 is 11.3 Å². The number of piperidine rings is 1. The lowest BCUT2D eigenvalue weighted by molar-refractivity contribution is 0.102. The molecule has 1 aliphatic rings. The number of nitrogens with zero attached hydrogens (tertiary/aromatic N) is 3. The zero-order valence-corrected chi connectivity index (χ0v) is 17.9. The maximum atomic E-state index is 13.0. The van der Waals surface area contributed by atoms with Crippen molar-refractivity contribution in [2.24, 2.45) is 11.7 Å². The van der Waals surface area contributed by atoms with E-state index in [9.17, 15) is 4.79 Å². The van der Waals surface area contributed by atoms with Crippen LogP contribution in [0.1, 0.15) is 49.2 Å². The second-order valence-electron chi connectivity index (χ2n) is 8.24. The van der Waals surface area contributed by atoms with Crippen LogP contribution in [0.3, 0.4) is 0 Å². The van der Waals surface area contributed by atoms with Gasteiger partial charge in [-0.3, -0.25) is 9.78 Å². The van der Waals surface area contributed by atoms with Gasteiger partial charge in [-0.15, -0.1) is 11.3 Å². The van der Waals surface area contributed by atoms with Gasteiger partial charge < -0.3 is 16.0 Å². The smallest absolute Gasteiger partial charge is 0.274 e. The molecule has 0 bridgehead atoms. The molecule has 1 amide bonds. The van der Waals surface area contributed by atoms with Crippen LogP contribution in [-0.4, -0.2) is 35.0 Å². The van der Waals surface area contributed by atoms with Crippen molar-refractivity contribution in [1.29, 1.82) is 0 Å². The fourth-order valence-corrected chi connectivity index (χ4v) is 5.07. The number of amides is 1. The Morgan fingerprint density at radius 1 is 1.31 bits per heavy atom. The Bertz CT molecular complexity index is 1020. The van der Waals surface area contributed by atoms with Crippen molar-refractivity contribution in [2.75, 3.05) is 23.3 Å². The number of rotatable bonds is 4. The normalized spacial score (nSPS) is 19.7. The average Bonchev–Trinajstić information content (AvgIpc) is 3.11. The van der Waals surface area contributed by atoms with Gasteiger partial charge in [-0.25, -0.2) is 4.98 Å². The largest absolute Gasteiger partial charge is 0.368 e. The van der Waals surface area contributed by atoms with E-state index in [0.717, 1.165) is 35.4 Å². The van der Waals surface area contributed by atoms with Gasteiger partial charge in [0.05, 0.1) is 27.8 Å². The molecule has 4 rings (SSSR count). The summed E-state index contributed by atoms with van der Waals surface area (Å²) >= 11 is 1.67. The number of pyridine rings is 2. The van der Waals surface area contributed by atoms with E-state index in [1.807, 2.05) is 12.1 Å². The molecule has 1 aliphatic heterocycles. The average molecular weight is 410 g/mol. The number of carbonyl (C=O) groups is 1. The first-order valence-corrected chi connectivity index (χ1v) is 10.9. The van der Waals surface area contributed by atoms with Crippen molar-refractivity contribution >= 4 is 38.8 Å². The molecule has 0 aliphatic carbocycles. The number of thiophene rings is 1. The summed E-state index contributed by atoms with van der Waals surface area (Å²) < 4.78 is 1.10. The summed E-state index contributed by atoms with van der Waals surface area (Å²) in [5.74, 6) is 0.647. The van der Waals surface area contributed by atoms with E-state index in [4.69, 9.17) is 5.73 Å². The Hall–Kier alpha value is -2.51. The van der Waals surface area contributed by atoms with Crippen molar-refractivity contribution in [1.82, 2.24) is 9.97 Å². The summed E-state index contributed by atoms with van der Waals surface area (Å²) in [5, 5.41) is 5.15. The third kappa shape index (κ3) is 4.11. The molecule has 3 aromatic heterocycles. The lowest BCUT2D eigenvalue weighted by atomic mass is 9.96. The third-order valence-electron chi connectivity index (χ3n) is 5.38. The van der Waals surface area contributed by atoms with Crippen molar-refractivity contribution < 1.29 is 4.79 Å². The molecule has 6 nitrogen and oxygen atoms in total. The Labute approximate surface area is 175 Å². The van der Waals surface area contributed by atoms with Crippen LogP contribution in [0.15, 0.2) is 36.0 Å². The van der Waals surface area contributed by atoms with Gasteiger partial charge >= 0.3 is 0 Å². The first-order valence-electron chi connectivity index (χ1n) is 10.1. The van der Waals surface area contributed by atoms with E-state index < -0.39 is 0 Å². The van der Waals surface area contributed by atoms with Gasteiger partial charge in [-0.05, 0) is 47.4 Å². The Morgan fingerprint density at radius 3 is 2.90 bits per heavy atom. The van der Waals surface area contributed by atoms with Crippen LogP contribution in [0, 0.1) is 5.92 Å². The molecule has 152 valence electrons. The molecule has 7 heteroatoms. The summed E-state index contributed by atoms with van der Waals surface area (Å²) in [6.07, 6.45) is 4.47. The minimum Gasteiger partial charge on any atom is -0.368 e. The van der Waals surface area contributed by atoms with Gasteiger partial charge in [0, 0.05) is 25.3 Å². The predicted octanol–water partition coefficient (Wildman–Crippen LogP) is 4.24. The van der Waals surface area contributed by atoms with Gasteiger partial charge in [0.2, 0.25) is 0 Å². The second kappa shape index (κ2) is 8.08. The first kappa shape index (κ1) is 19.8. The van der Waals surface area contributed by atoms with Crippen molar-refractivity contribution in [3.63, 3.8) is 0 Å². The van der Waals surface area contributed by atoms with Crippen molar-refractivity contribution in [3.8, 4) is 0 Å². The molecule has 2 unspecified atom stereocenters. The SMILES string of the molecule is CC1CC(N)CN(c2ccncc2NC(=O)c2ccc3scc(C(C)C)c3n2)C1. The highest BCUT2D eigenvalue weighted by Crippen LogP contribution is 2.31. The fourth-order valence-electron chi connectivity index (χ4n) is 4.01. The maximum Gasteiger partial charge on any atom is 0.274 e. The van der Waals surface area contributed by atoms with Gasteiger partial charge in [0.25, 0.3) is 5.91 Å². The van der Waals surface area contributed by atoms with Gasteiger partial charge in [0.1, 0.15) is 5.69 Å². The molecule has 29 heavy (non-hydrogen) atoms. The Balaban J connectivity index is 1.61. The maximum absolute atomic E-state index is 13.0. The monoisotopic (exact) mass is 409 g/mol. The van der Waals surface area contributed by atoms with Crippen LogP contribution in [0.4, 0.5) is 11.4 Å². The molecule has 0 radical (unpaired) electrons. The molecule has 0 aromatic carbocycles. The second-order valence-corrected chi connectivity index (χ2v) is 9.15. The van der Waals surface area contributed by atoms with Crippen LogP contribution in [0.25, 0.3) is 10.2 Å². The molecule has 0 spiro atoms. The van der Waals surface area contributed by atoms with E-state index in [1.54, 1.807) is 29.8 Å². The first-order chi connectivity index (χ1) is 13.9. The highest BCUT2D eigenvalue weighted by molar-refractivity contribution is 7.17. The minimum atomic E-state index is -0.226. The van der Waals surface area contributed by atoms with Crippen LogP contribution in [0.2, 0.25) is 0 Å². The quantitative estimate of drug-likeness (QED) is 0.673. The van der Waals surface area contributed by atoms with Crippen LogP contribution in [-0.2, 0) is 0 Å². The van der Waals surface area contributed by atoms with Crippen LogP contribution in [0.5, 0.6) is 0 Å². The van der Waals surface area contributed by atoms with Crippen molar-refractivity contribution in [2.45, 2.75) is 39.2 Å². The van der Waals surface area contributed by atoms with E-state index >= 15 is 0 Å². The number of anilines is 2. The third-order valence-corrected chi connectivity index (χ3v) is 6.33. The molecule has 0 saturated carbocycles. The van der Waals surface area contributed by atoms with Crippen LogP contribution < -0.4 is 16.0 Å². The number of nitrogens with one attached hydrogen (secondary N) is 1. The molecule has 1 fully saturated rings. The highest BCUT2D eigenvalue weighted by Gasteiger charge is 2.24. The minimum absolute atomic E-state index is 0.132. The molecular formula is C22H27N5OS. The number of carbonyl (C=O) groups excluding carboxylic acids is 1. The number of hydrogen-bond donors (Lipinski definition) is 2. The molecule has 3 aromatic rings. The van der Waals surface area contributed by atoms with Gasteiger partial charge in [0.15, 0.2) is 0 Å². The lowest BCUT2D eigenvalue weighted by Gasteiger charge is -2.37. The zero-order valence-electron chi connectivity index (χ0n) is 17.1. The number of hydrogen-bond acceptors (Lipinski definition) is 6. The van der Waals surface area contributed by atoms with Crippen molar-refractivity contribution in [3.05, 3.63) is 47.2 Å². The van der Waals surface area contributed by atoms with E-state index in [0.29, 0.717) is 23.2 Å². The Kier molecular flexibility index (Phi) is 5.52. The summed E-state index contributed by atoms with van der Waals surface area (Å²) in [6, 6.07) is 5.83. The standard InChI is InChI=1S/C22H27N5OS/c1-13(2)16-12-29-20-5-4-17(25-21(16)20)22(28)26-18-9-24-7-6-19(18)27-10-14(3)8-15(23)11-27/h4-7,9,12-15H,8,10-11,23H2,1-3H3,(H,26,28). The lowest BCUT2D eigenvalue weighted by Crippen LogP contribution is -2.46. The molecular weight excluding hydrogens is 382 g/mol. The van der Waals surface area contributed by atoms with E-state index in [2.05, 4.69) is 46.3 Å². The number of aromatic nitrogens is 2. The molecule has 1 saturated heterocycles. The van der Waals surface area contributed by atoms with Gasteiger partial charge in [-0.1, -0.05) is 20.8 Å². The number of fused-ring (bicyclic) bond motifs is 1. The summed E-state index contributed by atoms with van der Waals surface area (Å²) in [5.41, 5.74) is 10.4. The predicted molar refractivity (Wildman–Crippen MR) is 120 cm³/mol. The van der Waals surface area contributed by atoms with E-state index in [-0.39, 0.29) is 11.9 Å². The summed E-state index contributed by atoms with van der Waals surface area (Å²) in [4.78, 5) is 24.1. The summed E-state index contributed by atoms with van der Waals surface area (Å²) in [6.45, 7) is 8.17. The fraction of sp³-hybridized carbons (Fsp3) is 0.409. The van der Waals surface area contributed by atoms with E-state index in [1.165, 1.54) is 5.56 Å². The summed E-state index contributed by atoms with van der Waals surface area (Å²) in [7, 11) is 0. The molecule has 4 heterocycles. The number of nitrogens with two attached hydrogens (primary N) is 1. The zero-order chi connectivity index (χ0) is 20.5. The molecule has 2 atom stereocenters. The van der Waals surface area contributed by atoms with Gasteiger partial charge in [-0.2, -0.15) is 0 Å². The Morgan fingerprint density at radius 2 is 2.14 bits per heavy atom. The highest BCUT2D eigenvalue weighted by atomic mass is 32.1. The topological polar surface area (TPSA) is 84.1 Å².